The summed E-state index contributed by atoms with van der Waals surface area (Å²) in [4.78, 5) is 42.7. The third kappa shape index (κ3) is 39.2. The molecule has 0 aliphatic rings. The molecule has 0 saturated heterocycles. The minimum absolute atomic E-state index is 0.0464. The molecule has 0 bridgehead atoms. The first-order chi connectivity index (χ1) is 29.3. The fraction of sp³-hybridized carbons (Fsp3) is 0.942. The van der Waals surface area contributed by atoms with Crippen molar-refractivity contribution in [1.29, 1.82) is 0 Å². The quantitative estimate of drug-likeness (QED) is 0.0340. The van der Waals surface area contributed by atoms with Crippen molar-refractivity contribution in [2.24, 2.45) is 11.8 Å². The van der Waals surface area contributed by atoms with Gasteiger partial charge >= 0.3 is 17.9 Å². The predicted molar refractivity (Wildman–Crippen MR) is 255 cm³/mol. The zero-order chi connectivity index (χ0) is 44.2. The minimum Gasteiger partial charge on any atom is -0.465 e. The van der Waals surface area contributed by atoms with Gasteiger partial charge in [0.05, 0.1) is 25.0 Å². The molecular weight excluding hydrogens is 749 g/mol. The summed E-state index contributed by atoms with van der Waals surface area (Å²) in [6.07, 6.45) is 38.2. The zero-order valence-corrected chi connectivity index (χ0v) is 41.0. The highest BCUT2D eigenvalue weighted by Gasteiger charge is 2.20. The summed E-state index contributed by atoms with van der Waals surface area (Å²) in [5.41, 5.74) is 0. The molecule has 0 fully saturated rings. The van der Waals surface area contributed by atoms with Gasteiger partial charge in [-0.2, -0.15) is 0 Å². The van der Waals surface area contributed by atoms with Gasteiger partial charge in [-0.05, 0) is 91.5 Å². The molecule has 0 spiro atoms. The molecule has 0 aromatic carbocycles. The molecule has 0 heterocycles. The number of carbonyl (C=O) groups is 3. The number of hydrogen-bond donors (Lipinski definition) is 0. The Morgan fingerprint density at radius 3 is 1.08 bits per heavy atom. The van der Waals surface area contributed by atoms with E-state index >= 15 is 0 Å². The smallest absolute Gasteiger partial charge is 0.308 e. The number of rotatable bonds is 47. The summed E-state index contributed by atoms with van der Waals surface area (Å²) in [7, 11) is 4.06. The lowest BCUT2D eigenvalue weighted by Crippen LogP contribution is -2.30. The lowest BCUT2D eigenvalue weighted by atomic mass is 9.94. The van der Waals surface area contributed by atoms with E-state index in [0.29, 0.717) is 26.2 Å². The Morgan fingerprint density at radius 1 is 0.367 bits per heavy atom. The van der Waals surface area contributed by atoms with E-state index in [2.05, 4.69) is 37.5 Å². The molecule has 0 unspecified atom stereocenters. The summed E-state index contributed by atoms with van der Waals surface area (Å²) in [6, 6.07) is 0. The summed E-state index contributed by atoms with van der Waals surface area (Å²) < 4.78 is 17.2. The molecule has 0 radical (unpaired) electrons. The van der Waals surface area contributed by atoms with E-state index in [1.54, 1.807) is 0 Å². The molecule has 8 heteroatoms. The van der Waals surface area contributed by atoms with Crippen molar-refractivity contribution >= 4 is 17.9 Å². The van der Waals surface area contributed by atoms with Gasteiger partial charge in [0.1, 0.15) is 6.61 Å². The molecular formula is C52H102N2O6. The van der Waals surface area contributed by atoms with Gasteiger partial charge in [0.25, 0.3) is 0 Å². The highest BCUT2D eigenvalue weighted by Crippen LogP contribution is 2.22. The summed E-state index contributed by atoms with van der Waals surface area (Å²) in [5.74, 6) is 0.181. The van der Waals surface area contributed by atoms with Crippen LogP contribution in [0.2, 0.25) is 0 Å². The van der Waals surface area contributed by atoms with E-state index in [1.165, 1.54) is 116 Å². The average molecular weight is 851 g/mol. The highest BCUT2D eigenvalue weighted by atomic mass is 16.5. The van der Waals surface area contributed by atoms with Gasteiger partial charge in [-0.3, -0.25) is 19.3 Å². The van der Waals surface area contributed by atoms with Gasteiger partial charge in [0.2, 0.25) is 0 Å². The van der Waals surface area contributed by atoms with Crippen LogP contribution in [0.1, 0.15) is 246 Å². The molecule has 0 aliphatic heterocycles. The second-order valence-electron chi connectivity index (χ2n) is 18.3. The van der Waals surface area contributed by atoms with E-state index in [1.807, 2.05) is 14.1 Å². The number of nitrogens with zero attached hydrogens (tertiary/aromatic N) is 2. The van der Waals surface area contributed by atoms with Crippen molar-refractivity contribution in [2.45, 2.75) is 246 Å². The van der Waals surface area contributed by atoms with Gasteiger partial charge in [0.15, 0.2) is 0 Å². The molecule has 356 valence electrons. The standard InChI is InChI=1S/C52H102N2O6/c1-7-11-15-27-36-48(37-28-16-12-8-2)51(56)59-45-33-25-21-19-23-31-42-54(44-47-58-50(55)40-35-41-53(5)6)43-32-24-20-22-26-34-46-60-52(57)49(38-29-17-13-9-3)39-30-18-14-10-4/h48-49H,7-47H2,1-6H3. The topological polar surface area (TPSA) is 85.4 Å². The van der Waals surface area contributed by atoms with Crippen molar-refractivity contribution in [2.75, 3.05) is 60.1 Å². The Kier molecular flexibility index (Phi) is 44.1. The van der Waals surface area contributed by atoms with Crippen molar-refractivity contribution < 1.29 is 28.6 Å². The molecule has 0 aliphatic carbocycles. The number of esters is 3. The van der Waals surface area contributed by atoms with Crippen molar-refractivity contribution in [3.05, 3.63) is 0 Å². The Balaban J connectivity index is 4.49. The molecule has 8 nitrogen and oxygen atoms in total. The number of hydrogen-bond acceptors (Lipinski definition) is 8. The van der Waals surface area contributed by atoms with Gasteiger partial charge in [-0.25, -0.2) is 0 Å². The van der Waals surface area contributed by atoms with E-state index in [0.717, 1.165) is 122 Å². The molecule has 60 heavy (non-hydrogen) atoms. The summed E-state index contributed by atoms with van der Waals surface area (Å²) >= 11 is 0. The van der Waals surface area contributed by atoms with Gasteiger partial charge in [-0.15, -0.1) is 0 Å². The van der Waals surface area contributed by atoms with Crippen LogP contribution < -0.4 is 0 Å². The largest absolute Gasteiger partial charge is 0.465 e. The second kappa shape index (κ2) is 45.4. The summed E-state index contributed by atoms with van der Waals surface area (Å²) in [5, 5.41) is 0. The van der Waals surface area contributed by atoms with Gasteiger partial charge in [-0.1, -0.05) is 182 Å². The van der Waals surface area contributed by atoms with Crippen molar-refractivity contribution in [3.8, 4) is 0 Å². The van der Waals surface area contributed by atoms with E-state index in [9.17, 15) is 14.4 Å². The first-order valence-electron chi connectivity index (χ1n) is 26.1. The first kappa shape index (κ1) is 58.3. The maximum absolute atomic E-state index is 12.9. The molecule has 0 N–H and O–H groups in total. The molecule has 0 atom stereocenters. The van der Waals surface area contributed by atoms with Crippen LogP contribution in [0, 0.1) is 11.8 Å². The fourth-order valence-corrected chi connectivity index (χ4v) is 8.14. The fourth-order valence-electron chi connectivity index (χ4n) is 8.14. The zero-order valence-electron chi connectivity index (χ0n) is 41.0. The minimum atomic E-state index is -0.0860. The Bertz CT molecular complexity index is 863. The second-order valence-corrected chi connectivity index (χ2v) is 18.3. The van der Waals surface area contributed by atoms with Crippen LogP contribution in [-0.2, 0) is 28.6 Å². The molecule has 0 rings (SSSR count). The lowest BCUT2D eigenvalue weighted by molar-refractivity contribution is -0.150. The number of ether oxygens (including phenoxy) is 3. The van der Waals surface area contributed by atoms with Crippen LogP contribution in [-0.4, -0.2) is 87.8 Å². The molecule has 0 aromatic rings. The van der Waals surface area contributed by atoms with Crippen LogP contribution in [0.3, 0.4) is 0 Å². The van der Waals surface area contributed by atoms with Crippen LogP contribution in [0.15, 0.2) is 0 Å². The Labute approximate surface area is 373 Å². The van der Waals surface area contributed by atoms with Gasteiger partial charge < -0.3 is 19.1 Å². The SMILES string of the molecule is CCCCCCC(CCCCCC)C(=O)OCCCCCCCCN(CCCCCCCCOC(=O)C(CCCCCC)CCCCCC)CCOC(=O)CCCN(C)C. The van der Waals surface area contributed by atoms with E-state index in [-0.39, 0.29) is 29.7 Å². The molecule has 0 saturated carbocycles. The maximum atomic E-state index is 12.9. The van der Waals surface area contributed by atoms with Crippen molar-refractivity contribution in [1.82, 2.24) is 9.80 Å². The monoisotopic (exact) mass is 851 g/mol. The Hall–Kier alpha value is -1.67. The predicted octanol–water partition coefficient (Wildman–Crippen LogP) is 14.1. The van der Waals surface area contributed by atoms with Gasteiger partial charge in [0, 0.05) is 13.0 Å². The molecule has 0 amide bonds. The van der Waals surface area contributed by atoms with Crippen molar-refractivity contribution in [3.63, 3.8) is 0 Å². The number of unbranched alkanes of at least 4 members (excludes halogenated alkanes) is 22. The third-order valence-corrected chi connectivity index (χ3v) is 12.2. The van der Waals surface area contributed by atoms with Crippen LogP contribution in [0.4, 0.5) is 0 Å². The van der Waals surface area contributed by atoms with E-state index in [4.69, 9.17) is 14.2 Å². The first-order valence-corrected chi connectivity index (χ1v) is 26.1. The Morgan fingerprint density at radius 2 is 0.717 bits per heavy atom. The average Bonchev–Trinajstić information content (AvgIpc) is 3.23. The normalized spacial score (nSPS) is 11.7. The third-order valence-electron chi connectivity index (χ3n) is 12.2. The maximum Gasteiger partial charge on any atom is 0.308 e. The van der Waals surface area contributed by atoms with E-state index < -0.39 is 0 Å². The number of carbonyl (C=O) groups excluding carboxylic acids is 3. The summed E-state index contributed by atoms with van der Waals surface area (Å²) in [6.45, 7) is 14.3. The van der Waals surface area contributed by atoms with Crippen LogP contribution in [0.5, 0.6) is 0 Å². The van der Waals surface area contributed by atoms with Crippen LogP contribution in [0.25, 0.3) is 0 Å². The lowest BCUT2D eigenvalue weighted by Gasteiger charge is -2.22. The molecule has 0 aromatic heterocycles. The highest BCUT2D eigenvalue weighted by molar-refractivity contribution is 5.72. The van der Waals surface area contributed by atoms with Crippen LogP contribution >= 0.6 is 0 Å².